The molecule has 0 heterocycles. The van der Waals surface area contributed by atoms with Crippen LogP contribution in [0, 0.1) is 6.92 Å². The van der Waals surface area contributed by atoms with Crippen LogP contribution in [0.15, 0.2) is 48.5 Å². The normalized spacial score (nSPS) is 12.2. The minimum absolute atomic E-state index is 0.133. The summed E-state index contributed by atoms with van der Waals surface area (Å²) in [7, 11) is 1.66. The van der Waals surface area contributed by atoms with Crippen molar-refractivity contribution in [3.05, 3.63) is 65.2 Å². The van der Waals surface area contributed by atoms with Gasteiger partial charge in [-0.05, 0) is 36.6 Å². The van der Waals surface area contributed by atoms with Crippen molar-refractivity contribution < 1.29 is 9.84 Å². The molecule has 1 N–H and O–H groups in total. The molecule has 0 aliphatic rings. The van der Waals surface area contributed by atoms with Gasteiger partial charge in [0.15, 0.2) is 0 Å². The first kappa shape index (κ1) is 13.6. The van der Waals surface area contributed by atoms with Gasteiger partial charge in [0.25, 0.3) is 0 Å². The first-order chi connectivity index (χ1) is 9.22. The van der Waals surface area contributed by atoms with Crippen molar-refractivity contribution in [1.82, 2.24) is 0 Å². The van der Waals surface area contributed by atoms with Crippen LogP contribution in [0.1, 0.15) is 22.6 Å². The summed E-state index contributed by atoms with van der Waals surface area (Å²) in [6, 6.07) is 16.4. The van der Waals surface area contributed by atoms with Gasteiger partial charge >= 0.3 is 0 Å². The summed E-state index contributed by atoms with van der Waals surface area (Å²) in [6.45, 7) is 2.23. The fraction of sp³-hybridized carbons (Fsp3) is 0.294. The van der Waals surface area contributed by atoms with Gasteiger partial charge in [-0.15, -0.1) is 0 Å². The zero-order valence-corrected chi connectivity index (χ0v) is 11.5. The fourth-order valence-electron chi connectivity index (χ4n) is 2.17. The lowest BCUT2D eigenvalue weighted by atomic mass is 9.92. The molecule has 0 aliphatic heterocycles. The molecule has 0 amide bonds. The first-order valence-electron chi connectivity index (χ1n) is 6.53. The van der Waals surface area contributed by atoms with Gasteiger partial charge in [0, 0.05) is 5.92 Å². The predicted molar refractivity (Wildman–Crippen MR) is 77.7 cm³/mol. The number of benzene rings is 2. The second-order valence-electron chi connectivity index (χ2n) is 4.84. The van der Waals surface area contributed by atoms with Crippen molar-refractivity contribution in [3.8, 4) is 5.75 Å². The maximum Gasteiger partial charge on any atom is 0.118 e. The Kier molecular flexibility index (Phi) is 4.58. The quantitative estimate of drug-likeness (QED) is 0.889. The van der Waals surface area contributed by atoms with E-state index < -0.39 is 0 Å². The highest BCUT2D eigenvalue weighted by Crippen LogP contribution is 2.23. The lowest BCUT2D eigenvalue weighted by Crippen LogP contribution is -2.07. The number of aliphatic hydroxyl groups is 1. The molecule has 2 rings (SSSR count). The third kappa shape index (κ3) is 3.58. The fourth-order valence-corrected chi connectivity index (χ4v) is 2.17. The highest BCUT2D eigenvalue weighted by Gasteiger charge is 2.11. The van der Waals surface area contributed by atoms with Gasteiger partial charge in [-0.3, -0.25) is 0 Å². The molecule has 0 radical (unpaired) electrons. The number of ether oxygens (including phenoxy) is 1. The molecule has 19 heavy (non-hydrogen) atoms. The zero-order chi connectivity index (χ0) is 13.7. The van der Waals surface area contributed by atoms with E-state index in [-0.39, 0.29) is 12.5 Å². The summed E-state index contributed by atoms with van der Waals surface area (Å²) in [4.78, 5) is 0. The number of hydrogen-bond acceptors (Lipinski definition) is 2. The Labute approximate surface area is 114 Å². The van der Waals surface area contributed by atoms with Crippen LogP contribution in [0.3, 0.4) is 0 Å². The van der Waals surface area contributed by atoms with Gasteiger partial charge in [-0.1, -0.05) is 42.0 Å². The van der Waals surface area contributed by atoms with Gasteiger partial charge in [-0.25, -0.2) is 0 Å². The highest BCUT2D eigenvalue weighted by atomic mass is 16.5. The molecule has 2 nitrogen and oxygen atoms in total. The summed E-state index contributed by atoms with van der Waals surface area (Å²) in [5.41, 5.74) is 3.65. The zero-order valence-electron chi connectivity index (χ0n) is 11.5. The largest absolute Gasteiger partial charge is 0.497 e. The molecular weight excluding hydrogens is 236 g/mol. The number of methoxy groups -OCH3 is 1. The van der Waals surface area contributed by atoms with E-state index in [0.717, 1.165) is 17.7 Å². The van der Waals surface area contributed by atoms with Crippen molar-refractivity contribution in [2.24, 2.45) is 0 Å². The number of aliphatic hydroxyl groups excluding tert-OH is 1. The van der Waals surface area contributed by atoms with Crippen molar-refractivity contribution in [2.45, 2.75) is 19.3 Å². The molecule has 0 bridgehead atoms. The average molecular weight is 256 g/mol. The number of hydrogen-bond donors (Lipinski definition) is 1. The third-order valence-electron chi connectivity index (χ3n) is 3.41. The van der Waals surface area contributed by atoms with Crippen molar-refractivity contribution in [3.63, 3.8) is 0 Å². The van der Waals surface area contributed by atoms with Gasteiger partial charge in [0.05, 0.1) is 13.7 Å². The van der Waals surface area contributed by atoms with Crippen molar-refractivity contribution in [2.75, 3.05) is 13.7 Å². The van der Waals surface area contributed by atoms with E-state index in [9.17, 15) is 5.11 Å². The minimum Gasteiger partial charge on any atom is -0.497 e. The molecule has 0 saturated heterocycles. The maximum atomic E-state index is 9.59. The molecule has 0 spiro atoms. The Morgan fingerprint density at radius 1 is 1.00 bits per heavy atom. The SMILES string of the molecule is COc1ccc(C(CO)Cc2ccc(C)cc2)cc1. The van der Waals surface area contributed by atoms with Gasteiger partial charge in [0.2, 0.25) is 0 Å². The molecule has 100 valence electrons. The standard InChI is InChI=1S/C17H20O2/c1-13-3-5-14(6-4-13)11-16(12-18)15-7-9-17(19-2)10-8-15/h3-10,16,18H,11-12H2,1-2H3. The molecular formula is C17H20O2. The molecule has 2 heteroatoms. The van der Waals surface area contributed by atoms with E-state index in [1.807, 2.05) is 24.3 Å². The summed E-state index contributed by atoms with van der Waals surface area (Å²) in [6.07, 6.45) is 0.850. The van der Waals surface area contributed by atoms with E-state index in [1.165, 1.54) is 11.1 Å². The lowest BCUT2D eigenvalue weighted by molar-refractivity contribution is 0.264. The molecule has 0 saturated carbocycles. The Bertz CT molecular complexity index is 500. The first-order valence-corrected chi connectivity index (χ1v) is 6.53. The smallest absolute Gasteiger partial charge is 0.118 e. The number of aryl methyl sites for hydroxylation is 1. The van der Waals surface area contributed by atoms with Gasteiger partial charge in [-0.2, -0.15) is 0 Å². The van der Waals surface area contributed by atoms with E-state index in [2.05, 4.69) is 31.2 Å². The van der Waals surface area contributed by atoms with E-state index in [1.54, 1.807) is 7.11 Å². The molecule has 2 aromatic carbocycles. The third-order valence-corrected chi connectivity index (χ3v) is 3.41. The molecule has 1 atom stereocenters. The van der Waals surface area contributed by atoms with Crippen LogP contribution in [0.2, 0.25) is 0 Å². The van der Waals surface area contributed by atoms with Gasteiger partial charge in [0.1, 0.15) is 5.75 Å². The van der Waals surface area contributed by atoms with Crippen LogP contribution in [0.5, 0.6) is 5.75 Å². The maximum absolute atomic E-state index is 9.59. The van der Waals surface area contributed by atoms with Crippen LogP contribution < -0.4 is 4.74 Å². The van der Waals surface area contributed by atoms with Crippen molar-refractivity contribution >= 4 is 0 Å². The number of rotatable bonds is 5. The Balaban J connectivity index is 2.12. The summed E-state index contributed by atoms with van der Waals surface area (Å²) < 4.78 is 5.15. The molecule has 0 fully saturated rings. The van der Waals surface area contributed by atoms with Crippen LogP contribution in [-0.4, -0.2) is 18.8 Å². The van der Waals surface area contributed by atoms with E-state index in [0.29, 0.717) is 0 Å². The van der Waals surface area contributed by atoms with Crippen molar-refractivity contribution in [1.29, 1.82) is 0 Å². The molecule has 2 aromatic rings. The van der Waals surface area contributed by atoms with E-state index in [4.69, 9.17) is 4.74 Å². The van der Waals surface area contributed by atoms with E-state index >= 15 is 0 Å². The summed E-state index contributed by atoms with van der Waals surface area (Å²) in [5.74, 6) is 0.976. The van der Waals surface area contributed by atoms with Gasteiger partial charge < -0.3 is 9.84 Å². The Hall–Kier alpha value is -1.80. The predicted octanol–water partition coefficient (Wildman–Crippen LogP) is 3.32. The monoisotopic (exact) mass is 256 g/mol. The topological polar surface area (TPSA) is 29.5 Å². The summed E-state index contributed by atoms with van der Waals surface area (Å²) in [5, 5.41) is 9.59. The lowest BCUT2D eigenvalue weighted by Gasteiger charge is -2.15. The summed E-state index contributed by atoms with van der Waals surface area (Å²) >= 11 is 0. The second-order valence-corrected chi connectivity index (χ2v) is 4.84. The van der Waals surface area contributed by atoms with Crippen LogP contribution in [0.25, 0.3) is 0 Å². The molecule has 0 aliphatic carbocycles. The van der Waals surface area contributed by atoms with Crippen LogP contribution >= 0.6 is 0 Å². The average Bonchev–Trinajstić information content (AvgIpc) is 2.47. The van der Waals surface area contributed by atoms with Crippen LogP contribution in [-0.2, 0) is 6.42 Å². The Morgan fingerprint density at radius 3 is 2.16 bits per heavy atom. The van der Waals surface area contributed by atoms with Crippen LogP contribution in [0.4, 0.5) is 0 Å². The second kappa shape index (κ2) is 6.39. The minimum atomic E-state index is 0.133. The highest BCUT2D eigenvalue weighted by molar-refractivity contribution is 5.31. The Morgan fingerprint density at radius 2 is 1.63 bits per heavy atom. The molecule has 0 aromatic heterocycles. The molecule has 1 unspecified atom stereocenters.